The fourth-order valence-electron chi connectivity index (χ4n) is 2.68. The number of quaternary nitrogens is 1. The molecule has 0 aliphatic carbocycles. The number of nitrogens with one attached hydrogen (secondary N) is 1. The van der Waals surface area contributed by atoms with Crippen molar-refractivity contribution in [3.8, 4) is 0 Å². The van der Waals surface area contributed by atoms with Gasteiger partial charge in [-0.15, -0.1) is 0 Å². The predicted molar refractivity (Wildman–Crippen MR) is 59.6 cm³/mol. The number of hydrogen-bond acceptors (Lipinski definition) is 0. The van der Waals surface area contributed by atoms with Gasteiger partial charge >= 0.3 is 0 Å². The van der Waals surface area contributed by atoms with Crippen molar-refractivity contribution < 1.29 is 4.90 Å². The molecule has 0 amide bonds. The Hall–Kier alpha value is -0.820. The molecule has 1 N–H and O–H groups in total. The van der Waals surface area contributed by atoms with E-state index in [4.69, 9.17) is 0 Å². The van der Waals surface area contributed by atoms with Gasteiger partial charge in [0.1, 0.15) is 0 Å². The van der Waals surface area contributed by atoms with Crippen LogP contribution in [0.15, 0.2) is 30.3 Å². The van der Waals surface area contributed by atoms with Crippen LogP contribution in [0.3, 0.4) is 0 Å². The summed E-state index contributed by atoms with van der Waals surface area (Å²) in [5.41, 5.74) is 1.53. The van der Waals surface area contributed by atoms with Crippen LogP contribution in [-0.2, 0) is 0 Å². The van der Waals surface area contributed by atoms with E-state index in [9.17, 15) is 0 Å². The molecule has 3 atom stereocenters. The zero-order chi connectivity index (χ0) is 9.97. The molecule has 2 rings (SSSR count). The van der Waals surface area contributed by atoms with E-state index < -0.39 is 0 Å². The first-order chi connectivity index (χ1) is 6.77. The van der Waals surface area contributed by atoms with E-state index >= 15 is 0 Å². The molecule has 14 heavy (non-hydrogen) atoms. The molecule has 0 aromatic heterocycles. The zero-order valence-electron chi connectivity index (χ0n) is 9.16. The minimum atomic E-state index is 0.792. The summed E-state index contributed by atoms with van der Waals surface area (Å²) < 4.78 is 0. The third-order valence-electron chi connectivity index (χ3n) is 3.47. The third-order valence-corrected chi connectivity index (χ3v) is 3.47. The van der Waals surface area contributed by atoms with Gasteiger partial charge in [-0.3, -0.25) is 0 Å². The van der Waals surface area contributed by atoms with E-state index in [1.54, 1.807) is 4.90 Å². The van der Waals surface area contributed by atoms with Crippen LogP contribution in [0.5, 0.6) is 0 Å². The normalized spacial score (nSPS) is 32.9. The third kappa shape index (κ3) is 1.98. The Morgan fingerprint density at radius 2 is 1.93 bits per heavy atom. The van der Waals surface area contributed by atoms with Gasteiger partial charge in [0.05, 0.1) is 20.1 Å². The van der Waals surface area contributed by atoms with E-state index in [1.165, 1.54) is 25.1 Å². The summed E-state index contributed by atoms with van der Waals surface area (Å²) in [6, 6.07) is 11.0. The first-order valence-electron chi connectivity index (χ1n) is 5.63. The molecule has 1 aromatic rings. The lowest BCUT2D eigenvalue weighted by molar-refractivity contribution is -0.889. The highest BCUT2D eigenvalue weighted by Crippen LogP contribution is 2.28. The van der Waals surface area contributed by atoms with Crippen molar-refractivity contribution in [1.82, 2.24) is 0 Å². The van der Waals surface area contributed by atoms with Crippen molar-refractivity contribution in [2.45, 2.75) is 19.3 Å². The summed E-state index contributed by atoms with van der Waals surface area (Å²) in [5.74, 6) is 1.62. The second-order valence-corrected chi connectivity index (χ2v) is 4.69. The largest absolute Gasteiger partial charge is 0.337 e. The Labute approximate surface area is 86.7 Å². The van der Waals surface area contributed by atoms with Gasteiger partial charge in [0.25, 0.3) is 0 Å². The van der Waals surface area contributed by atoms with Crippen LogP contribution in [0, 0.1) is 5.92 Å². The van der Waals surface area contributed by atoms with Crippen LogP contribution in [0.2, 0.25) is 0 Å². The maximum absolute atomic E-state index is 2.39. The highest BCUT2D eigenvalue weighted by Gasteiger charge is 2.27. The van der Waals surface area contributed by atoms with Gasteiger partial charge in [-0.05, 0) is 11.5 Å². The van der Waals surface area contributed by atoms with Crippen LogP contribution in [0.1, 0.15) is 24.8 Å². The Kier molecular flexibility index (Phi) is 2.87. The first kappa shape index (κ1) is 9.72. The average Bonchev–Trinajstić information content (AvgIpc) is 2.19. The van der Waals surface area contributed by atoms with Crippen LogP contribution in [0.4, 0.5) is 0 Å². The summed E-state index contributed by atoms with van der Waals surface area (Å²) >= 11 is 0. The maximum Gasteiger partial charge on any atom is 0.0800 e. The van der Waals surface area contributed by atoms with Gasteiger partial charge in [-0.1, -0.05) is 37.3 Å². The van der Waals surface area contributed by atoms with Gasteiger partial charge in [-0.25, -0.2) is 0 Å². The molecule has 0 radical (unpaired) electrons. The summed E-state index contributed by atoms with van der Waals surface area (Å²) in [5, 5.41) is 0. The molecule has 0 saturated carbocycles. The SMILES string of the molecule is C[C@H]1C[NH+](C)CC[C@@H]1c1ccccc1. The Bertz CT molecular complexity index is 281. The Morgan fingerprint density at radius 3 is 2.57 bits per heavy atom. The summed E-state index contributed by atoms with van der Waals surface area (Å²) in [6.45, 7) is 5.03. The molecule has 76 valence electrons. The van der Waals surface area contributed by atoms with Crippen LogP contribution in [0.25, 0.3) is 0 Å². The van der Waals surface area contributed by atoms with Crippen molar-refractivity contribution >= 4 is 0 Å². The molecule has 0 spiro atoms. The minimum absolute atomic E-state index is 0.792. The van der Waals surface area contributed by atoms with Crippen molar-refractivity contribution in [2.24, 2.45) is 5.92 Å². The number of hydrogen-bond donors (Lipinski definition) is 1. The maximum atomic E-state index is 2.39. The number of piperidine rings is 1. The van der Waals surface area contributed by atoms with E-state index in [0.717, 1.165) is 11.8 Å². The Morgan fingerprint density at radius 1 is 1.21 bits per heavy atom. The van der Waals surface area contributed by atoms with Crippen molar-refractivity contribution in [3.63, 3.8) is 0 Å². The smallest absolute Gasteiger partial charge is 0.0800 e. The Balaban J connectivity index is 2.12. The van der Waals surface area contributed by atoms with E-state index in [0.29, 0.717) is 0 Å². The molecule has 1 unspecified atom stereocenters. The zero-order valence-corrected chi connectivity index (χ0v) is 9.16. The van der Waals surface area contributed by atoms with E-state index in [1.807, 2.05) is 0 Å². The summed E-state index contributed by atoms with van der Waals surface area (Å²) in [6.07, 6.45) is 1.34. The lowest BCUT2D eigenvalue weighted by atomic mass is 9.82. The fraction of sp³-hybridized carbons (Fsp3) is 0.538. The number of likely N-dealkylation sites (tertiary alicyclic amines) is 1. The van der Waals surface area contributed by atoms with Gasteiger partial charge in [-0.2, -0.15) is 0 Å². The van der Waals surface area contributed by atoms with Crippen LogP contribution in [-0.4, -0.2) is 20.1 Å². The quantitative estimate of drug-likeness (QED) is 0.681. The molecule has 1 fully saturated rings. The molecule has 0 bridgehead atoms. The minimum Gasteiger partial charge on any atom is -0.337 e. The lowest BCUT2D eigenvalue weighted by Gasteiger charge is -2.32. The molecule has 1 aliphatic rings. The molecule has 1 saturated heterocycles. The number of rotatable bonds is 1. The van der Waals surface area contributed by atoms with E-state index in [-0.39, 0.29) is 0 Å². The molecule has 1 aliphatic heterocycles. The summed E-state index contributed by atoms with van der Waals surface area (Å²) in [7, 11) is 2.30. The van der Waals surface area contributed by atoms with Gasteiger partial charge in [0, 0.05) is 12.3 Å². The molecule has 1 aromatic carbocycles. The summed E-state index contributed by atoms with van der Waals surface area (Å²) in [4.78, 5) is 1.68. The first-order valence-corrected chi connectivity index (χ1v) is 5.63. The van der Waals surface area contributed by atoms with Crippen LogP contribution >= 0.6 is 0 Å². The van der Waals surface area contributed by atoms with Gasteiger partial charge < -0.3 is 4.90 Å². The lowest BCUT2D eigenvalue weighted by Crippen LogP contribution is -3.10. The topological polar surface area (TPSA) is 4.44 Å². The number of benzene rings is 1. The van der Waals surface area contributed by atoms with Crippen molar-refractivity contribution in [2.75, 3.05) is 20.1 Å². The molecular weight excluding hydrogens is 170 g/mol. The molecule has 1 heterocycles. The van der Waals surface area contributed by atoms with Gasteiger partial charge in [0.15, 0.2) is 0 Å². The molecule has 1 heteroatoms. The highest BCUT2D eigenvalue weighted by atomic mass is 15.1. The second-order valence-electron chi connectivity index (χ2n) is 4.69. The predicted octanol–water partition coefficient (Wildman–Crippen LogP) is 1.32. The fourth-order valence-corrected chi connectivity index (χ4v) is 2.68. The van der Waals surface area contributed by atoms with Crippen molar-refractivity contribution in [1.29, 1.82) is 0 Å². The average molecular weight is 190 g/mol. The van der Waals surface area contributed by atoms with Crippen LogP contribution < -0.4 is 4.90 Å². The van der Waals surface area contributed by atoms with Gasteiger partial charge in [0.2, 0.25) is 0 Å². The standard InChI is InChI=1S/C13H19N/c1-11-10-14(2)9-8-13(11)12-6-4-3-5-7-12/h3-7,11,13H,8-10H2,1-2H3/p+1/t11-,13-/m0/s1. The monoisotopic (exact) mass is 190 g/mol. The molecular formula is C13H20N+. The second kappa shape index (κ2) is 4.14. The molecule has 1 nitrogen and oxygen atoms in total. The van der Waals surface area contributed by atoms with E-state index in [2.05, 4.69) is 44.3 Å². The van der Waals surface area contributed by atoms with Crippen molar-refractivity contribution in [3.05, 3.63) is 35.9 Å². The highest BCUT2D eigenvalue weighted by molar-refractivity contribution is 5.20.